The van der Waals surface area contributed by atoms with Crippen molar-refractivity contribution >= 4 is 22.9 Å². The zero-order valence-electron chi connectivity index (χ0n) is 11.9. The second-order valence-electron chi connectivity index (χ2n) is 4.86. The molecule has 0 unspecified atom stereocenters. The van der Waals surface area contributed by atoms with Crippen LogP contribution in [0.5, 0.6) is 11.5 Å². The first kappa shape index (κ1) is 14.3. The number of thiocarbonyl (C=S) groups is 1. The zero-order valence-corrected chi connectivity index (χ0v) is 12.7. The summed E-state index contributed by atoms with van der Waals surface area (Å²) >= 11 is 5.08. The topological polar surface area (TPSA) is 38.5 Å². The van der Waals surface area contributed by atoms with Gasteiger partial charge < -0.3 is 15.4 Å². The predicted octanol–water partition coefficient (Wildman–Crippen LogP) is 3.49. The normalized spacial score (nSPS) is 10.2. The molecule has 3 nitrogen and oxygen atoms in total. The van der Waals surface area contributed by atoms with Crippen LogP contribution < -0.4 is 15.4 Å². The van der Waals surface area contributed by atoms with E-state index >= 15 is 0 Å². The maximum absolute atomic E-state index is 5.92. The highest BCUT2D eigenvalue weighted by atomic mass is 32.1. The minimum absolute atomic E-state index is 0.340. The van der Waals surface area contributed by atoms with Gasteiger partial charge in [0, 0.05) is 25.8 Å². The molecule has 0 heterocycles. The smallest absolute Gasteiger partial charge is 0.137 e. The number of nitrogens with two attached hydrogens (primary N) is 1. The summed E-state index contributed by atoms with van der Waals surface area (Å²) in [5, 5.41) is 0. The van der Waals surface area contributed by atoms with E-state index in [4.69, 9.17) is 22.7 Å². The second kappa shape index (κ2) is 5.92. The van der Waals surface area contributed by atoms with Crippen molar-refractivity contribution in [2.24, 2.45) is 5.73 Å². The van der Waals surface area contributed by atoms with Gasteiger partial charge in [-0.15, -0.1) is 0 Å². The molecule has 2 aromatic carbocycles. The number of aryl methyl sites for hydroxylation is 1. The van der Waals surface area contributed by atoms with Crippen LogP contribution in [0.25, 0.3) is 0 Å². The number of hydrogen-bond donors (Lipinski definition) is 1. The zero-order chi connectivity index (χ0) is 14.7. The van der Waals surface area contributed by atoms with Gasteiger partial charge in [0.1, 0.15) is 16.5 Å². The Morgan fingerprint density at radius 1 is 1.15 bits per heavy atom. The van der Waals surface area contributed by atoms with Crippen LogP contribution in [0, 0.1) is 6.92 Å². The van der Waals surface area contributed by atoms with Crippen molar-refractivity contribution in [1.82, 2.24) is 0 Å². The van der Waals surface area contributed by atoms with E-state index < -0.39 is 0 Å². The van der Waals surface area contributed by atoms with Crippen LogP contribution in [0.15, 0.2) is 42.5 Å². The van der Waals surface area contributed by atoms with Crippen molar-refractivity contribution in [1.29, 1.82) is 0 Å². The number of ether oxygens (including phenoxy) is 1. The number of nitrogens with zero attached hydrogens (tertiary/aromatic N) is 1. The highest BCUT2D eigenvalue weighted by Crippen LogP contribution is 2.28. The molecule has 0 atom stereocenters. The number of anilines is 1. The number of hydrogen-bond acceptors (Lipinski definition) is 3. The first-order valence-corrected chi connectivity index (χ1v) is 6.74. The molecule has 0 aromatic heterocycles. The van der Waals surface area contributed by atoms with Gasteiger partial charge in [-0.05, 0) is 31.2 Å². The summed E-state index contributed by atoms with van der Waals surface area (Å²) in [6.07, 6.45) is 0. The van der Waals surface area contributed by atoms with E-state index in [2.05, 4.69) is 0 Å². The molecule has 0 spiro atoms. The molecular weight excluding hydrogens is 268 g/mol. The Balaban J connectivity index is 2.35. The summed E-state index contributed by atoms with van der Waals surface area (Å²) in [7, 11) is 3.98. The van der Waals surface area contributed by atoms with Gasteiger partial charge in [0.2, 0.25) is 0 Å². The van der Waals surface area contributed by atoms with Crippen LogP contribution >= 0.6 is 12.2 Å². The molecule has 0 aliphatic rings. The Labute approximate surface area is 125 Å². The van der Waals surface area contributed by atoms with Crippen LogP contribution in [0.4, 0.5) is 5.69 Å². The fraction of sp³-hybridized carbons (Fsp3) is 0.188. The molecule has 20 heavy (non-hydrogen) atoms. The maximum atomic E-state index is 5.92. The maximum Gasteiger partial charge on any atom is 0.137 e. The van der Waals surface area contributed by atoms with Crippen LogP contribution in [0.1, 0.15) is 11.1 Å². The summed E-state index contributed by atoms with van der Waals surface area (Å²) in [6, 6.07) is 13.7. The molecule has 0 aliphatic carbocycles. The van der Waals surface area contributed by atoms with E-state index in [9.17, 15) is 0 Å². The second-order valence-corrected chi connectivity index (χ2v) is 5.30. The minimum atomic E-state index is 0.340. The van der Waals surface area contributed by atoms with Gasteiger partial charge in [-0.25, -0.2) is 0 Å². The van der Waals surface area contributed by atoms with E-state index in [1.165, 1.54) is 0 Å². The minimum Gasteiger partial charge on any atom is -0.457 e. The quantitative estimate of drug-likeness (QED) is 0.873. The van der Waals surface area contributed by atoms with Crippen LogP contribution in [0.3, 0.4) is 0 Å². The molecular formula is C16H18N2OS. The predicted molar refractivity (Wildman–Crippen MR) is 87.9 cm³/mol. The molecule has 4 heteroatoms. The molecule has 104 valence electrons. The van der Waals surface area contributed by atoms with E-state index in [0.29, 0.717) is 10.7 Å². The lowest BCUT2D eigenvalue weighted by Gasteiger charge is -2.15. The Bertz CT molecular complexity index is 638. The standard InChI is InChI=1S/C16H18N2OS/c1-11-7-8-15(14(9-11)16(17)20)19-13-6-4-5-12(10-13)18(2)3/h4-10H,1-3H3,(H2,17,20). The van der Waals surface area contributed by atoms with Gasteiger partial charge in [-0.3, -0.25) is 0 Å². The Hall–Kier alpha value is -2.07. The van der Waals surface area contributed by atoms with Gasteiger partial charge in [0.05, 0.1) is 5.56 Å². The summed E-state index contributed by atoms with van der Waals surface area (Å²) in [5.41, 5.74) is 8.69. The largest absolute Gasteiger partial charge is 0.457 e. The summed E-state index contributed by atoms with van der Waals surface area (Å²) < 4.78 is 5.92. The molecule has 0 saturated carbocycles. The van der Waals surface area contributed by atoms with Gasteiger partial charge in [0.15, 0.2) is 0 Å². The fourth-order valence-corrected chi connectivity index (χ4v) is 2.04. The lowest BCUT2D eigenvalue weighted by molar-refractivity contribution is 0.481. The highest BCUT2D eigenvalue weighted by Gasteiger charge is 2.08. The van der Waals surface area contributed by atoms with Gasteiger partial charge in [-0.1, -0.05) is 29.9 Å². The Morgan fingerprint density at radius 2 is 1.90 bits per heavy atom. The van der Waals surface area contributed by atoms with Crippen molar-refractivity contribution in [2.45, 2.75) is 6.92 Å². The molecule has 0 saturated heterocycles. The van der Waals surface area contributed by atoms with E-state index in [0.717, 1.165) is 22.6 Å². The molecule has 2 aromatic rings. The average Bonchev–Trinajstić information content (AvgIpc) is 2.41. The van der Waals surface area contributed by atoms with Crippen molar-refractivity contribution in [3.05, 3.63) is 53.6 Å². The van der Waals surface area contributed by atoms with Crippen LogP contribution in [-0.2, 0) is 0 Å². The molecule has 0 radical (unpaired) electrons. The SMILES string of the molecule is Cc1ccc(Oc2cccc(N(C)C)c2)c(C(N)=S)c1. The summed E-state index contributed by atoms with van der Waals surface area (Å²) in [5.74, 6) is 1.44. The monoisotopic (exact) mass is 286 g/mol. The summed E-state index contributed by atoms with van der Waals surface area (Å²) in [6.45, 7) is 2.00. The molecule has 0 aliphatic heterocycles. The number of benzene rings is 2. The van der Waals surface area contributed by atoms with Gasteiger partial charge >= 0.3 is 0 Å². The van der Waals surface area contributed by atoms with Gasteiger partial charge in [-0.2, -0.15) is 0 Å². The van der Waals surface area contributed by atoms with E-state index in [1.54, 1.807) is 0 Å². The van der Waals surface area contributed by atoms with Gasteiger partial charge in [0.25, 0.3) is 0 Å². The third-order valence-corrected chi connectivity index (χ3v) is 3.18. The average molecular weight is 286 g/mol. The van der Waals surface area contributed by atoms with Crippen LogP contribution in [-0.4, -0.2) is 19.1 Å². The molecule has 0 bridgehead atoms. The lowest BCUT2D eigenvalue weighted by Crippen LogP contribution is -2.11. The fourth-order valence-electron chi connectivity index (χ4n) is 1.88. The highest BCUT2D eigenvalue weighted by molar-refractivity contribution is 7.80. The first-order chi connectivity index (χ1) is 9.47. The number of rotatable bonds is 4. The third kappa shape index (κ3) is 3.27. The molecule has 0 amide bonds. The Kier molecular flexibility index (Phi) is 4.25. The third-order valence-electron chi connectivity index (χ3n) is 2.96. The van der Waals surface area contributed by atoms with Crippen molar-refractivity contribution in [3.63, 3.8) is 0 Å². The Morgan fingerprint density at radius 3 is 2.55 bits per heavy atom. The van der Waals surface area contributed by atoms with Crippen molar-refractivity contribution < 1.29 is 4.74 Å². The van der Waals surface area contributed by atoms with Crippen molar-refractivity contribution in [2.75, 3.05) is 19.0 Å². The lowest BCUT2D eigenvalue weighted by atomic mass is 10.1. The molecule has 0 fully saturated rings. The molecule has 2 N–H and O–H groups in total. The first-order valence-electron chi connectivity index (χ1n) is 6.33. The van der Waals surface area contributed by atoms with Crippen molar-refractivity contribution in [3.8, 4) is 11.5 Å². The molecule has 2 rings (SSSR count). The van der Waals surface area contributed by atoms with E-state index in [1.807, 2.05) is 68.4 Å². The van der Waals surface area contributed by atoms with E-state index in [-0.39, 0.29) is 0 Å². The van der Waals surface area contributed by atoms with Crippen LogP contribution in [0.2, 0.25) is 0 Å². The summed E-state index contributed by atoms with van der Waals surface area (Å²) in [4.78, 5) is 2.36.